The highest BCUT2D eigenvalue weighted by molar-refractivity contribution is 5.85. The molecule has 1 aromatic rings. The van der Waals surface area contributed by atoms with Crippen molar-refractivity contribution in [3.8, 4) is 0 Å². The first-order valence-corrected chi connectivity index (χ1v) is 6.52. The number of nitrogens with zero attached hydrogens (tertiary/aromatic N) is 1. The van der Waals surface area contributed by atoms with Crippen LogP contribution in [-0.2, 0) is 17.5 Å². The van der Waals surface area contributed by atoms with Crippen LogP contribution in [0.1, 0.15) is 30.9 Å². The van der Waals surface area contributed by atoms with E-state index in [1.54, 1.807) is 13.0 Å². The molecule has 7 heteroatoms. The van der Waals surface area contributed by atoms with Gasteiger partial charge >= 0.3 is 6.18 Å². The van der Waals surface area contributed by atoms with Crippen molar-refractivity contribution in [1.29, 1.82) is 0 Å². The van der Waals surface area contributed by atoms with Crippen LogP contribution in [0.5, 0.6) is 0 Å². The maximum Gasteiger partial charge on any atom is 0.416 e. The smallest absolute Gasteiger partial charge is 0.334 e. The average molecular weight is 323 g/mol. The normalized spacial score (nSPS) is 16.0. The number of halogens is 4. The van der Waals surface area contributed by atoms with Gasteiger partial charge in [-0.3, -0.25) is 4.79 Å². The molecule has 1 amide bonds. The minimum absolute atomic E-state index is 0. The third kappa shape index (κ3) is 4.35. The zero-order valence-corrected chi connectivity index (χ0v) is 12.4. The lowest BCUT2D eigenvalue weighted by molar-refractivity contribution is -0.140. The maximum atomic E-state index is 12.9. The van der Waals surface area contributed by atoms with Crippen LogP contribution < -0.4 is 5.73 Å². The summed E-state index contributed by atoms with van der Waals surface area (Å²) in [6, 6.07) is 4.67. The lowest BCUT2D eigenvalue weighted by Gasteiger charge is -2.26. The molecule has 0 aromatic heterocycles. The molecule has 21 heavy (non-hydrogen) atoms. The Morgan fingerprint density at radius 3 is 2.43 bits per heavy atom. The molecule has 1 atom stereocenters. The fraction of sp³-hybridized carbons (Fsp3) is 0.500. The fourth-order valence-corrected chi connectivity index (χ4v) is 2.15. The van der Waals surface area contributed by atoms with Gasteiger partial charge in [-0.05, 0) is 31.4 Å². The molecule has 0 radical (unpaired) electrons. The van der Waals surface area contributed by atoms with Gasteiger partial charge in [0, 0.05) is 12.6 Å². The van der Waals surface area contributed by atoms with Gasteiger partial charge in [0.05, 0.1) is 11.6 Å². The number of benzene rings is 1. The van der Waals surface area contributed by atoms with E-state index in [-0.39, 0.29) is 36.5 Å². The number of carbonyl (C=O) groups is 1. The lowest BCUT2D eigenvalue weighted by atomic mass is 10.1. The highest BCUT2D eigenvalue weighted by Crippen LogP contribution is 2.34. The number of rotatable bonds is 4. The molecule has 0 aliphatic heterocycles. The van der Waals surface area contributed by atoms with E-state index in [2.05, 4.69) is 0 Å². The Labute approximate surface area is 127 Å². The molecule has 1 aliphatic carbocycles. The highest BCUT2D eigenvalue weighted by atomic mass is 35.5. The SMILES string of the molecule is C[C@H](N)C(=O)N(Cc1ccccc1C(F)(F)F)C1CC1.Cl. The van der Waals surface area contributed by atoms with Crippen LogP contribution in [0.25, 0.3) is 0 Å². The Morgan fingerprint density at radius 2 is 1.95 bits per heavy atom. The minimum atomic E-state index is -4.41. The number of hydrogen-bond donors (Lipinski definition) is 1. The summed E-state index contributed by atoms with van der Waals surface area (Å²) in [5.74, 6) is -0.301. The van der Waals surface area contributed by atoms with Crippen LogP contribution in [0.15, 0.2) is 24.3 Å². The zero-order valence-electron chi connectivity index (χ0n) is 11.6. The summed E-state index contributed by atoms with van der Waals surface area (Å²) in [6.45, 7) is 1.51. The molecule has 0 heterocycles. The maximum absolute atomic E-state index is 12.9. The summed E-state index contributed by atoms with van der Waals surface area (Å²) >= 11 is 0. The molecule has 1 fully saturated rings. The van der Waals surface area contributed by atoms with Crippen LogP contribution in [0, 0.1) is 0 Å². The Hall–Kier alpha value is -1.27. The summed E-state index contributed by atoms with van der Waals surface area (Å²) < 4.78 is 38.8. The Kier molecular flexibility index (Phi) is 5.64. The molecule has 1 aromatic carbocycles. The van der Waals surface area contributed by atoms with Crippen LogP contribution in [-0.4, -0.2) is 22.9 Å². The van der Waals surface area contributed by atoms with Crippen molar-refractivity contribution in [2.45, 2.75) is 44.6 Å². The molecule has 0 saturated heterocycles. The van der Waals surface area contributed by atoms with E-state index in [0.29, 0.717) is 0 Å². The lowest BCUT2D eigenvalue weighted by Crippen LogP contribution is -2.43. The quantitative estimate of drug-likeness (QED) is 0.926. The molecule has 2 N–H and O–H groups in total. The van der Waals surface area contributed by atoms with Gasteiger partial charge < -0.3 is 10.6 Å². The van der Waals surface area contributed by atoms with Gasteiger partial charge in [-0.1, -0.05) is 18.2 Å². The molecular weight excluding hydrogens is 305 g/mol. The molecule has 2 rings (SSSR count). The second-order valence-corrected chi connectivity index (χ2v) is 5.14. The topological polar surface area (TPSA) is 46.3 Å². The van der Waals surface area contributed by atoms with Gasteiger partial charge in [0.25, 0.3) is 0 Å². The predicted octanol–water partition coefficient (Wildman–Crippen LogP) is 2.97. The van der Waals surface area contributed by atoms with Crippen LogP contribution in [0.4, 0.5) is 13.2 Å². The number of carbonyl (C=O) groups excluding carboxylic acids is 1. The first-order chi connectivity index (χ1) is 9.30. The fourth-order valence-electron chi connectivity index (χ4n) is 2.15. The number of amides is 1. The minimum Gasteiger partial charge on any atom is -0.334 e. The Balaban J connectivity index is 0.00000220. The van der Waals surface area contributed by atoms with Gasteiger partial charge in [-0.2, -0.15) is 13.2 Å². The van der Waals surface area contributed by atoms with Crippen LogP contribution >= 0.6 is 12.4 Å². The summed E-state index contributed by atoms with van der Waals surface area (Å²) in [4.78, 5) is 13.5. The van der Waals surface area contributed by atoms with Gasteiger partial charge in [0.1, 0.15) is 0 Å². The molecule has 1 aliphatic rings. The van der Waals surface area contributed by atoms with Gasteiger partial charge in [0.15, 0.2) is 0 Å². The first kappa shape index (κ1) is 17.8. The van der Waals surface area contributed by atoms with E-state index in [4.69, 9.17) is 5.73 Å². The second kappa shape index (κ2) is 6.66. The number of nitrogens with two attached hydrogens (primary N) is 1. The third-order valence-electron chi connectivity index (χ3n) is 3.32. The van der Waals surface area contributed by atoms with Gasteiger partial charge in [0.2, 0.25) is 5.91 Å². The first-order valence-electron chi connectivity index (χ1n) is 6.52. The van der Waals surface area contributed by atoms with Crippen molar-refractivity contribution in [3.63, 3.8) is 0 Å². The summed E-state index contributed by atoms with van der Waals surface area (Å²) in [6.07, 6.45) is -2.76. The molecular formula is C14H18ClF3N2O. The van der Waals surface area contributed by atoms with Crippen LogP contribution in [0.2, 0.25) is 0 Å². The second-order valence-electron chi connectivity index (χ2n) is 5.14. The summed E-state index contributed by atoms with van der Waals surface area (Å²) in [5, 5.41) is 0. The average Bonchev–Trinajstić information content (AvgIpc) is 3.18. The molecule has 0 unspecified atom stereocenters. The van der Waals surface area contributed by atoms with Gasteiger partial charge in [-0.25, -0.2) is 0 Å². The van der Waals surface area contributed by atoms with Crippen molar-refractivity contribution < 1.29 is 18.0 Å². The third-order valence-corrected chi connectivity index (χ3v) is 3.32. The van der Waals surface area contributed by atoms with E-state index < -0.39 is 17.8 Å². The molecule has 0 spiro atoms. The van der Waals surface area contributed by atoms with Crippen LogP contribution in [0.3, 0.4) is 0 Å². The van der Waals surface area contributed by atoms with E-state index in [1.807, 2.05) is 0 Å². The predicted molar refractivity (Wildman–Crippen MR) is 75.9 cm³/mol. The Bertz CT molecular complexity index is 501. The van der Waals surface area contributed by atoms with E-state index in [9.17, 15) is 18.0 Å². The van der Waals surface area contributed by atoms with Crippen molar-refractivity contribution >= 4 is 18.3 Å². The Morgan fingerprint density at radius 1 is 1.38 bits per heavy atom. The zero-order chi connectivity index (χ0) is 14.9. The number of hydrogen-bond acceptors (Lipinski definition) is 2. The molecule has 1 saturated carbocycles. The largest absolute Gasteiger partial charge is 0.416 e. The van der Waals surface area contributed by atoms with Crippen molar-refractivity contribution in [2.24, 2.45) is 5.73 Å². The number of alkyl halides is 3. The molecule has 3 nitrogen and oxygen atoms in total. The van der Waals surface area contributed by atoms with Gasteiger partial charge in [-0.15, -0.1) is 12.4 Å². The van der Waals surface area contributed by atoms with E-state index >= 15 is 0 Å². The summed E-state index contributed by atoms with van der Waals surface area (Å²) in [7, 11) is 0. The summed E-state index contributed by atoms with van der Waals surface area (Å²) in [5.41, 5.74) is 4.99. The van der Waals surface area contributed by atoms with E-state index in [0.717, 1.165) is 18.9 Å². The van der Waals surface area contributed by atoms with Crippen molar-refractivity contribution in [3.05, 3.63) is 35.4 Å². The van der Waals surface area contributed by atoms with Crippen molar-refractivity contribution in [1.82, 2.24) is 4.90 Å². The van der Waals surface area contributed by atoms with E-state index in [1.165, 1.54) is 17.0 Å². The molecule has 118 valence electrons. The monoisotopic (exact) mass is 322 g/mol. The van der Waals surface area contributed by atoms with Crippen molar-refractivity contribution in [2.75, 3.05) is 0 Å². The molecule has 0 bridgehead atoms. The standard InChI is InChI=1S/C14H17F3N2O.ClH/c1-9(18)13(20)19(11-6-7-11)8-10-4-2-3-5-12(10)14(15,16)17;/h2-5,9,11H,6-8,18H2,1H3;1H/t9-;/m0./s1. The highest BCUT2D eigenvalue weighted by Gasteiger charge is 2.37.